The Morgan fingerprint density at radius 1 is 1.43 bits per heavy atom. The van der Waals surface area contributed by atoms with Gasteiger partial charge in [-0.2, -0.15) is 11.8 Å². The first kappa shape index (κ1) is 12.3. The molecule has 0 bridgehead atoms. The Balaban J connectivity index is 2.48. The highest BCUT2D eigenvalue weighted by Gasteiger charge is 2.27. The molecular formula is C11H24N2S. The van der Waals surface area contributed by atoms with Gasteiger partial charge in [0.15, 0.2) is 0 Å². The number of nitrogens with zero attached hydrogens (tertiary/aromatic N) is 1. The van der Waals surface area contributed by atoms with Gasteiger partial charge in [0.05, 0.1) is 0 Å². The van der Waals surface area contributed by atoms with Gasteiger partial charge in [-0.05, 0) is 19.8 Å². The van der Waals surface area contributed by atoms with Crippen LogP contribution in [-0.4, -0.2) is 41.1 Å². The van der Waals surface area contributed by atoms with Gasteiger partial charge >= 0.3 is 0 Å². The van der Waals surface area contributed by atoms with Crippen LogP contribution in [0.25, 0.3) is 0 Å². The number of hydrogen-bond acceptors (Lipinski definition) is 3. The third kappa shape index (κ3) is 3.14. The number of rotatable bonds is 4. The van der Waals surface area contributed by atoms with Crippen molar-refractivity contribution in [3.05, 3.63) is 0 Å². The van der Waals surface area contributed by atoms with Crippen LogP contribution in [0.3, 0.4) is 0 Å². The van der Waals surface area contributed by atoms with Gasteiger partial charge in [-0.3, -0.25) is 4.90 Å². The average Bonchev–Trinajstić information content (AvgIpc) is 2.21. The first-order chi connectivity index (χ1) is 6.61. The summed E-state index contributed by atoms with van der Waals surface area (Å²) < 4.78 is 0. The Hall–Kier alpha value is 0.270. The first-order valence-electron chi connectivity index (χ1n) is 5.72. The molecule has 0 aromatic heterocycles. The van der Waals surface area contributed by atoms with Gasteiger partial charge in [0, 0.05) is 36.2 Å². The van der Waals surface area contributed by atoms with Gasteiger partial charge in [0.25, 0.3) is 0 Å². The fourth-order valence-electron chi connectivity index (χ4n) is 1.87. The fourth-order valence-corrected chi connectivity index (χ4v) is 2.96. The standard InChI is InChI=1S/C11H24N2S/c1-4-11(12,5-2)9-13-6-7-14-8-10(13)3/h10H,4-9,12H2,1-3H3. The van der Waals surface area contributed by atoms with E-state index in [1.165, 1.54) is 18.1 Å². The second-order valence-electron chi connectivity index (χ2n) is 4.46. The molecule has 14 heavy (non-hydrogen) atoms. The minimum absolute atomic E-state index is 0.0380. The molecule has 0 aliphatic carbocycles. The van der Waals surface area contributed by atoms with Crippen LogP contribution < -0.4 is 5.73 Å². The maximum atomic E-state index is 6.34. The van der Waals surface area contributed by atoms with Crippen molar-refractivity contribution in [2.45, 2.75) is 45.2 Å². The van der Waals surface area contributed by atoms with Crippen LogP contribution in [0, 0.1) is 0 Å². The summed E-state index contributed by atoms with van der Waals surface area (Å²) in [7, 11) is 0. The maximum absolute atomic E-state index is 6.34. The van der Waals surface area contributed by atoms with Crippen molar-refractivity contribution in [1.82, 2.24) is 4.90 Å². The highest BCUT2D eigenvalue weighted by atomic mass is 32.2. The van der Waals surface area contributed by atoms with E-state index in [1.807, 2.05) is 0 Å². The number of hydrogen-bond donors (Lipinski definition) is 1. The average molecular weight is 216 g/mol. The van der Waals surface area contributed by atoms with Crippen LogP contribution in [0.15, 0.2) is 0 Å². The van der Waals surface area contributed by atoms with Crippen LogP contribution in [0.2, 0.25) is 0 Å². The van der Waals surface area contributed by atoms with E-state index in [9.17, 15) is 0 Å². The first-order valence-corrected chi connectivity index (χ1v) is 6.87. The van der Waals surface area contributed by atoms with E-state index in [4.69, 9.17) is 5.73 Å². The Bertz CT molecular complexity index is 169. The molecule has 1 fully saturated rings. The highest BCUT2D eigenvalue weighted by Crippen LogP contribution is 2.20. The van der Waals surface area contributed by atoms with Gasteiger partial charge in [0.2, 0.25) is 0 Å². The summed E-state index contributed by atoms with van der Waals surface area (Å²) >= 11 is 2.07. The van der Waals surface area contributed by atoms with Gasteiger partial charge in [-0.1, -0.05) is 13.8 Å². The Morgan fingerprint density at radius 3 is 2.57 bits per heavy atom. The molecule has 1 unspecified atom stereocenters. The molecule has 1 atom stereocenters. The lowest BCUT2D eigenvalue weighted by Crippen LogP contribution is -2.53. The zero-order chi connectivity index (χ0) is 10.6. The van der Waals surface area contributed by atoms with E-state index >= 15 is 0 Å². The molecule has 2 nitrogen and oxygen atoms in total. The lowest BCUT2D eigenvalue weighted by atomic mass is 9.93. The molecule has 1 rings (SSSR count). The molecule has 84 valence electrons. The van der Waals surface area contributed by atoms with E-state index < -0.39 is 0 Å². The monoisotopic (exact) mass is 216 g/mol. The quantitative estimate of drug-likeness (QED) is 0.779. The molecule has 0 radical (unpaired) electrons. The number of thioether (sulfide) groups is 1. The van der Waals surface area contributed by atoms with Gasteiger partial charge in [-0.15, -0.1) is 0 Å². The molecule has 0 saturated carbocycles. The van der Waals surface area contributed by atoms with Crippen LogP contribution in [0.5, 0.6) is 0 Å². The minimum Gasteiger partial charge on any atom is -0.324 e. The van der Waals surface area contributed by atoms with Crippen molar-refractivity contribution < 1.29 is 0 Å². The molecule has 0 amide bonds. The van der Waals surface area contributed by atoms with E-state index in [0.717, 1.165) is 19.4 Å². The van der Waals surface area contributed by atoms with Gasteiger partial charge < -0.3 is 5.73 Å². The van der Waals surface area contributed by atoms with Crippen LogP contribution in [0.4, 0.5) is 0 Å². The molecule has 2 N–H and O–H groups in total. The lowest BCUT2D eigenvalue weighted by molar-refractivity contribution is 0.170. The van der Waals surface area contributed by atoms with Crippen molar-refractivity contribution >= 4 is 11.8 Å². The third-order valence-electron chi connectivity index (χ3n) is 3.43. The zero-order valence-electron chi connectivity index (χ0n) is 9.75. The lowest BCUT2D eigenvalue weighted by Gasteiger charge is -2.39. The molecule has 1 aliphatic rings. The van der Waals surface area contributed by atoms with E-state index in [2.05, 4.69) is 37.4 Å². The summed E-state index contributed by atoms with van der Waals surface area (Å²) in [5.74, 6) is 2.54. The predicted molar refractivity (Wildman–Crippen MR) is 65.9 cm³/mol. The molecule has 0 spiro atoms. The van der Waals surface area contributed by atoms with E-state index in [0.29, 0.717) is 6.04 Å². The van der Waals surface area contributed by atoms with Gasteiger partial charge in [-0.25, -0.2) is 0 Å². The SMILES string of the molecule is CCC(N)(CC)CN1CCSCC1C. The molecule has 3 heteroatoms. The van der Waals surface area contributed by atoms with Crippen molar-refractivity contribution in [3.8, 4) is 0 Å². The van der Waals surface area contributed by atoms with Crippen molar-refractivity contribution in [1.29, 1.82) is 0 Å². The summed E-state index contributed by atoms with van der Waals surface area (Å²) in [5.41, 5.74) is 6.38. The van der Waals surface area contributed by atoms with Crippen LogP contribution in [-0.2, 0) is 0 Å². The van der Waals surface area contributed by atoms with Crippen molar-refractivity contribution in [2.24, 2.45) is 5.73 Å². The van der Waals surface area contributed by atoms with Crippen molar-refractivity contribution in [2.75, 3.05) is 24.6 Å². The summed E-state index contributed by atoms with van der Waals surface area (Å²) in [6, 6.07) is 0.703. The largest absolute Gasteiger partial charge is 0.324 e. The summed E-state index contributed by atoms with van der Waals surface area (Å²) in [4.78, 5) is 2.56. The topological polar surface area (TPSA) is 29.3 Å². The summed E-state index contributed by atoms with van der Waals surface area (Å²) in [6.45, 7) is 9.00. The Kier molecular flexibility index (Phi) is 4.74. The smallest absolute Gasteiger partial charge is 0.0278 e. The zero-order valence-corrected chi connectivity index (χ0v) is 10.6. The number of nitrogens with two attached hydrogens (primary N) is 1. The summed E-state index contributed by atoms with van der Waals surface area (Å²) in [6.07, 6.45) is 2.17. The van der Waals surface area contributed by atoms with E-state index in [1.54, 1.807) is 0 Å². The predicted octanol–water partition coefficient (Wildman–Crippen LogP) is 1.94. The highest BCUT2D eigenvalue weighted by molar-refractivity contribution is 7.99. The molecule has 0 aromatic rings. The molecule has 1 aliphatic heterocycles. The fraction of sp³-hybridized carbons (Fsp3) is 1.00. The van der Waals surface area contributed by atoms with Gasteiger partial charge in [0.1, 0.15) is 0 Å². The second-order valence-corrected chi connectivity index (χ2v) is 5.61. The normalized spacial score (nSPS) is 25.3. The van der Waals surface area contributed by atoms with Crippen LogP contribution in [0.1, 0.15) is 33.6 Å². The molecule has 1 saturated heterocycles. The molecule has 0 aromatic carbocycles. The molecule has 1 heterocycles. The maximum Gasteiger partial charge on any atom is 0.0278 e. The van der Waals surface area contributed by atoms with E-state index in [-0.39, 0.29) is 5.54 Å². The Morgan fingerprint density at radius 2 is 2.07 bits per heavy atom. The third-order valence-corrected chi connectivity index (χ3v) is 4.62. The second kappa shape index (κ2) is 5.38. The van der Waals surface area contributed by atoms with Crippen LogP contribution >= 0.6 is 11.8 Å². The molecular weight excluding hydrogens is 192 g/mol. The van der Waals surface area contributed by atoms with Crippen molar-refractivity contribution in [3.63, 3.8) is 0 Å². The minimum atomic E-state index is 0.0380. The summed E-state index contributed by atoms with van der Waals surface area (Å²) in [5, 5.41) is 0. The Labute approximate surface area is 92.6 Å².